The summed E-state index contributed by atoms with van der Waals surface area (Å²) in [5.74, 6) is -0.798. The average molecular weight is 431 g/mol. The van der Waals surface area contributed by atoms with Crippen LogP contribution in [0.15, 0.2) is 59.8 Å². The molecule has 150 valence electrons. The van der Waals surface area contributed by atoms with Crippen LogP contribution in [0.3, 0.4) is 0 Å². The second-order valence-electron chi connectivity index (χ2n) is 5.84. The van der Waals surface area contributed by atoms with Crippen molar-refractivity contribution in [2.24, 2.45) is 0 Å². The summed E-state index contributed by atoms with van der Waals surface area (Å²) in [6, 6.07) is 10.7. The summed E-state index contributed by atoms with van der Waals surface area (Å²) in [4.78, 5) is 33.1. The lowest BCUT2D eigenvalue weighted by Crippen LogP contribution is -2.32. The first kappa shape index (κ1) is 20.4. The molecule has 0 radical (unpaired) electrons. The number of amides is 2. The maximum absolute atomic E-state index is 12.3. The van der Waals surface area contributed by atoms with Crippen LogP contribution in [-0.2, 0) is 14.8 Å². The SMILES string of the molecule is Cc1ccc(C(=O)NCC(=O)Nc2ccc(S(=O)(=O)Nc3ncccn3)cc2)s1. The molecule has 0 aliphatic rings. The molecule has 0 fully saturated rings. The van der Waals surface area contributed by atoms with Crippen molar-refractivity contribution in [2.75, 3.05) is 16.6 Å². The lowest BCUT2D eigenvalue weighted by atomic mass is 10.3. The predicted octanol–water partition coefficient (Wildman–Crippen LogP) is 2.02. The molecule has 3 aromatic rings. The zero-order valence-electron chi connectivity index (χ0n) is 15.2. The number of carbonyl (C=O) groups is 2. The van der Waals surface area contributed by atoms with Crippen molar-refractivity contribution in [1.29, 1.82) is 0 Å². The van der Waals surface area contributed by atoms with Gasteiger partial charge in [0.25, 0.3) is 15.9 Å². The van der Waals surface area contributed by atoms with Crippen LogP contribution in [0, 0.1) is 6.92 Å². The highest BCUT2D eigenvalue weighted by atomic mass is 32.2. The van der Waals surface area contributed by atoms with Gasteiger partial charge in [0.1, 0.15) is 0 Å². The van der Waals surface area contributed by atoms with E-state index in [1.54, 1.807) is 12.1 Å². The van der Waals surface area contributed by atoms with E-state index >= 15 is 0 Å². The molecule has 0 spiro atoms. The smallest absolute Gasteiger partial charge is 0.264 e. The van der Waals surface area contributed by atoms with Gasteiger partial charge in [-0.25, -0.2) is 23.1 Å². The zero-order chi connectivity index (χ0) is 20.9. The van der Waals surface area contributed by atoms with Gasteiger partial charge in [-0.15, -0.1) is 11.3 Å². The van der Waals surface area contributed by atoms with E-state index in [2.05, 4.69) is 25.3 Å². The standard InChI is InChI=1S/C18H17N5O4S2/c1-12-3-8-15(28-12)17(25)21-11-16(24)22-13-4-6-14(7-5-13)29(26,27)23-18-19-9-2-10-20-18/h2-10H,11H2,1H3,(H,21,25)(H,22,24)(H,19,20,23). The van der Waals surface area contributed by atoms with E-state index in [0.717, 1.165) is 4.88 Å². The van der Waals surface area contributed by atoms with Crippen LogP contribution in [0.2, 0.25) is 0 Å². The minimum absolute atomic E-state index is 0.00989. The molecule has 0 atom stereocenters. The molecule has 2 aromatic heterocycles. The van der Waals surface area contributed by atoms with Crippen LogP contribution >= 0.6 is 11.3 Å². The molecule has 0 aliphatic carbocycles. The average Bonchev–Trinajstić information content (AvgIpc) is 3.13. The molecular weight excluding hydrogens is 414 g/mol. The van der Waals surface area contributed by atoms with E-state index < -0.39 is 15.9 Å². The summed E-state index contributed by atoms with van der Waals surface area (Å²) in [7, 11) is -3.85. The molecule has 0 saturated heterocycles. The Morgan fingerprint density at radius 2 is 1.72 bits per heavy atom. The van der Waals surface area contributed by atoms with Crippen molar-refractivity contribution in [2.45, 2.75) is 11.8 Å². The number of thiophene rings is 1. The zero-order valence-corrected chi connectivity index (χ0v) is 16.9. The number of aryl methyl sites for hydroxylation is 1. The summed E-state index contributed by atoms with van der Waals surface area (Å²) in [6.07, 6.45) is 2.84. The quantitative estimate of drug-likeness (QED) is 0.525. The van der Waals surface area contributed by atoms with Crippen LogP contribution in [0.5, 0.6) is 0 Å². The second kappa shape index (κ2) is 8.80. The van der Waals surface area contributed by atoms with Gasteiger partial charge in [0, 0.05) is 23.0 Å². The maximum atomic E-state index is 12.3. The van der Waals surface area contributed by atoms with E-state index in [1.165, 1.54) is 48.0 Å². The monoisotopic (exact) mass is 431 g/mol. The summed E-state index contributed by atoms with van der Waals surface area (Å²) in [5, 5.41) is 5.13. The molecule has 1 aromatic carbocycles. The number of hydrogen-bond acceptors (Lipinski definition) is 7. The van der Waals surface area contributed by atoms with Crippen molar-refractivity contribution in [3.8, 4) is 0 Å². The highest BCUT2D eigenvalue weighted by Gasteiger charge is 2.16. The molecule has 0 unspecified atom stereocenters. The molecule has 0 bridgehead atoms. The fourth-order valence-electron chi connectivity index (χ4n) is 2.26. The van der Waals surface area contributed by atoms with Crippen LogP contribution in [0.25, 0.3) is 0 Å². The molecule has 0 saturated carbocycles. The molecule has 29 heavy (non-hydrogen) atoms. The van der Waals surface area contributed by atoms with Crippen molar-refractivity contribution in [3.05, 3.63) is 64.6 Å². The van der Waals surface area contributed by atoms with Gasteiger partial charge in [0.05, 0.1) is 16.3 Å². The van der Waals surface area contributed by atoms with Crippen molar-refractivity contribution in [3.63, 3.8) is 0 Å². The Labute approximate surface area is 171 Å². The highest BCUT2D eigenvalue weighted by Crippen LogP contribution is 2.17. The first-order chi connectivity index (χ1) is 13.8. The molecule has 9 nitrogen and oxygen atoms in total. The Morgan fingerprint density at radius 3 is 2.34 bits per heavy atom. The first-order valence-corrected chi connectivity index (χ1v) is 10.7. The number of benzene rings is 1. The Bertz CT molecular complexity index is 1110. The summed E-state index contributed by atoms with van der Waals surface area (Å²) < 4.78 is 26.9. The third kappa shape index (κ3) is 5.59. The van der Waals surface area contributed by atoms with Gasteiger partial charge in [-0.3, -0.25) is 9.59 Å². The fourth-order valence-corrected chi connectivity index (χ4v) is 4.00. The van der Waals surface area contributed by atoms with Crippen molar-refractivity contribution < 1.29 is 18.0 Å². The van der Waals surface area contributed by atoms with Crippen LogP contribution < -0.4 is 15.4 Å². The number of nitrogens with one attached hydrogen (secondary N) is 3. The number of aromatic nitrogens is 2. The first-order valence-electron chi connectivity index (χ1n) is 8.38. The Morgan fingerprint density at radius 1 is 1.03 bits per heavy atom. The molecule has 0 aliphatic heterocycles. The molecule has 3 rings (SSSR count). The number of hydrogen-bond donors (Lipinski definition) is 3. The summed E-state index contributed by atoms with van der Waals surface area (Å²) in [5.41, 5.74) is 0.395. The number of anilines is 2. The van der Waals surface area contributed by atoms with Gasteiger partial charge in [-0.1, -0.05) is 0 Å². The lowest BCUT2D eigenvalue weighted by Gasteiger charge is -2.09. The molecular formula is C18H17N5O4S2. The molecule has 2 amide bonds. The Hall–Kier alpha value is -3.31. The van der Waals surface area contributed by atoms with Gasteiger partial charge < -0.3 is 10.6 Å². The minimum atomic E-state index is -3.85. The van der Waals surface area contributed by atoms with Crippen LogP contribution in [0.1, 0.15) is 14.5 Å². The van der Waals surface area contributed by atoms with Crippen molar-refractivity contribution in [1.82, 2.24) is 15.3 Å². The molecule has 3 N–H and O–H groups in total. The topological polar surface area (TPSA) is 130 Å². The summed E-state index contributed by atoms with van der Waals surface area (Å²) in [6.45, 7) is 1.68. The number of carbonyl (C=O) groups excluding carboxylic acids is 2. The lowest BCUT2D eigenvalue weighted by molar-refractivity contribution is -0.115. The third-order valence-electron chi connectivity index (χ3n) is 3.61. The Balaban J connectivity index is 1.55. The maximum Gasteiger partial charge on any atom is 0.264 e. The fraction of sp³-hybridized carbons (Fsp3) is 0.111. The molecule has 2 heterocycles. The van der Waals surface area contributed by atoms with E-state index in [9.17, 15) is 18.0 Å². The van der Waals surface area contributed by atoms with Gasteiger partial charge in [0.15, 0.2) is 0 Å². The van der Waals surface area contributed by atoms with Gasteiger partial charge in [-0.05, 0) is 49.4 Å². The van der Waals surface area contributed by atoms with E-state index in [1.807, 2.05) is 13.0 Å². The van der Waals surface area contributed by atoms with Crippen LogP contribution in [0.4, 0.5) is 11.6 Å². The van der Waals surface area contributed by atoms with Crippen molar-refractivity contribution >= 4 is 44.8 Å². The normalized spacial score (nSPS) is 10.9. The Kier molecular flexibility index (Phi) is 6.20. The second-order valence-corrected chi connectivity index (χ2v) is 8.81. The predicted molar refractivity (Wildman–Crippen MR) is 109 cm³/mol. The van der Waals surface area contributed by atoms with E-state index in [0.29, 0.717) is 10.6 Å². The molecule has 11 heteroatoms. The number of nitrogens with zero attached hydrogens (tertiary/aromatic N) is 2. The summed E-state index contributed by atoms with van der Waals surface area (Å²) >= 11 is 1.34. The number of rotatable bonds is 7. The van der Waals surface area contributed by atoms with E-state index in [4.69, 9.17) is 0 Å². The van der Waals surface area contributed by atoms with E-state index in [-0.39, 0.29) is 23.3 Å². The van der Waals surface area contributed by atoms with Gasteiger partial charge >= 0.3 is 0 Å². The highest BCUT2D eigenvalue weighted by molar-refractivity contribution is 7.92. The minimum Gasteiger partial charge on any atom is -0.342 e. The van der Waals surface area contributed by atoms with Crippen LogP contribution in [-0.4, -0.2) is 36.7 Å². The van der Waals surface area contributed by atoms with Gasteiger partial charge in [-0.2, -0.15) is 0 Å². The van der Waals surface area contributed by atoms with Gasteiger partial charge in [0.2, 0.25) is 11.9 Å². The third-order valence-corrected chi connectivity index (χ3v) is 5.96. The number of sulfonamides is 1. The largest absolute Gasteiger partial charge is 0.342 e.